The number of benzene rings is 1. The molecular formula is C23H30N4O2. The topological polar surface area (TPSA) is 74.3 Å². The monoisotopic (exact) mass is 394 g/mol. The van der Waals surface area contributed by atoms with Gasteiger partial charge in [0.1, 0.15) is 5.41 Å². The summed E-state index contributed by atoms with van der Waals surface area (Å²) in [6.45, 7) is 8.06. The second-order valence-corrected chi connectivity index (χ2v) is 8.33. The lowest BCUT2D eigenvalue weighted by Crippen LogP contribution is -2.44. The number of hydrogen-bond donors (Lipinski definition) is 2. The first kappa shape index (κ1) is 20.8. The molecule has 1 saturated heterocycles. The highest BCUT2D eigenvalue weighted by Gasteiger charge is 2.36. The van der Waals surface area contributed by atoms with Gasteiger partial charge in [0.15, 0.2) is 0 Å². The number of rotatable bonds is 6. The third-order valence-electron chi connectivity index (χ3n) is 5.61. The first-order valence-corrected chi connectivity index (χ1v) is 10.2. The number of piperidine rings is 1. The molecule has 2 aromatic rings. The standard InChI is InChI=1S/C23H30N4O2/c1-17-10-14-27(15-11-17)20-6-4-19(5-7-20)26-22(29)23(2,3)21(28)25-16-18-8-12-24-13-9-18/h4-9,12-13,17H,10-11,14-16H2,1-3H3,(H,25,28)(H,26,29). The molecule has 29 heavy (non-hydrogen) atoms. The summed E-state index contributed by atoms with van der Waals surface area (Å²) in [4.78, 5) is 31.6. The smallest absolute Gasteiger partial charge is 0.239 e. The van der Waals surface area contributed by atoms with Crippen LogP contribution in [0.2, 0.25) is 0 Å². The largest absolute Gasteiger partial charge is 0.372 e. The van der Waals surface area contributed by atoms with E-state index in [9.17, 15) is 9.59 Å². The summed E-state index contributed by atoms with van der Waals surface area (Å²) >= 11 is 0. The molecule has 3 rings (SSSR count). The van der Waals surface area contributed by atoms with Crippen LogP contribution in [0.3, 0.4) is 0 Å². The maximum Gasteiger partial charge on any atom is 0.239 e. The minimum Gasteiger partial charge on any atom is -0.372 e. The van der Waals surface area contributed by atoms with E-state index >= 15 is 0 Å². The van der Waals surface area contributed by atoms with Crippen LogP contribution in [0, 0.1) is 11.3 Å². The van der Waals surface area contributed by atoms with E-state index in [2.05, 4.69) is 27.4 Å². The van der Waals surface area contributed by atoms with Crippen molar-refractivity contribution in [3.8, 4) is 0 Å². The molecule has 154 valence electrons. The second kappa shape index (κ2) is 9.07. The van der Waals surface area contributed by atoms with Crippen LogP contribution in [0.1, 0.15) is 39.2 Å². The normalized spacial score (nSPS) is 15.1. The molecule has 1 aromatic heterocycles. The SMILES string of the molecule is CC1CCN(c2ccc(NC(=O)C(C)(C)C(=O)NCc3ccncc3)cc2)CC1. The van der Waals surface area contributed by atoms with E-state index in [1.807, 2.05) is 36.4 Å². The molecule has 6 nitrogen and oxygen atoms in total. The van der Waals surface area contributed by atoms with Gasteiger partial charge in [0, 0.05) is 43.4 Å². The maximum absolute atomic E-state index is 12.7. The van der Waals surface area contributed by atoms with E-state index in [1.54, 1.807) is 26.2 Å². The van der Waals surface area contributed by atoms with Crippen molar-refractivity contribution in [2.75, 3.05) is 23.3 Å². The molecule has 0 unspecified atom stereocenters. The summed E-state index contributed by atoms with van der Waals surface area (Å²) in [7, 11) is 0. The van der Waals surface area contributed by atoms with Crippen LogP contribution < -0.4 is 15.5 Å². The predicted molar refractivity (Wildman–Crippen MR) is 116 cm³/mol. The zero-order chi connectivity index (χ0) is 20.9. The number of anilines is 2. The van der Waals surface area contributed by atoms with Crippen LogP contribution in [0.15, 0.2) is 48.8 Å². The minimum atomic E-state index is -1.19. The van der Waals surface area contributed by atoms with E-state index < -0.39 is 5.41 Å². The number of hydrogen-bond acceptors (Lipinski definition) is 4. The van der Waals surface area contributed by atoms with Gasteiger partial charge in [-0.25, -0.2) is 0 Å². The molecule has 2 amide bonds. The van der Waals surface area contributed by atoms with Gasteiger partial charge in [-0.15, -0.1) is 0 Å². The molecule has 1 aromatic carbocycles. The Labute approximate surface area is 172 Å². The Bertz CT molecular complexity index is 826. The highest BCUT2D eigenvalue weighted by atomic mass is 16.2. The fraction of sp³-hybridized carbons (Fsp3) is 0.435. The van der Waals surface area contributed by atoms with Crippen molar-refractivity contribution in [3.05, 3.63) is 54.4 Å². The lowest BCUT2D eigenvalue weighted by molar-refractivity contribution is -0.138. The summed E-state index contributed by atoms with van der Waals surface area (Å²) in [6.07, 6.45) is 5.77. The highest BCUT2D eigenvalue weighted by Crippen LogP contribution is 2.25. The average molecular weight is 395 g/mol. The van der Waals surface area contributed by atoms with Crippen molar-refractivity contribution in [1.82, 2.24) is 10.3 Å². The van der Waals surface area contributed by atoms with E-state index in [-0.39, 0.29) is 11.8 Å². The van der Waals surface area contributed by atoms with Gasteiger partial charge in [-0.3, -0.25) is 14.6 Å². The molecule has 6 heteroatoms. The van der Waals surface area contributed by atoms with Crippen molar-refractivity contribution in [3.63, 3.8) is 0 Å². The van der Waals surface area contributed by atoms with Crippen molar-refractivity contribution < 1.29 is 9.59 Å². The molecule has 0 aliphatic carbocycles. The van der Waals surface area contributed by atoms with Crippen LogP contribution in [-0.4, -0.2) is 29.9 Å². The molecule has 1 aliphatic heterocycles. The zero-order valence-corrected chi connectivity index (χ0v) is 17.4. The van der Waals surface area contributed by atoms with Gasteiger partial charge in [-0.1, -0.05) is 6.92 Å². The number of amides is 2. The molecule has 1 fully saturated rings. The quantitative estimate of drug-likeness (QED) is 0.734. The van der Waals surface area contributed by atoms with E-state index in [1.165, 1.54) is 18.5 Å². The fourth-order valence-corrected chi connectivity index (χ4v) is 3.32. The Morgan fingerprint density at radius 2 is 1.66 bits per heavy atom. The Morgan fingerprint density at radius 1 is 1.03 bits per heavy atom. The van der Waals surface area contributed by atoms with E-state index in [0.717, 1.165) is 24.6 Å². The summed E-state index contributed by atoms with van der Waals surface area (Å²) in [6, 6.07) is 11.5. The Morgan fingerprint density at radius 3 is 2.28 bits per heavy atom. The third-order valence-corrected chi connectivity index (χ3v) is 5.61. The van der Waals surface area contributed by atoms with Crippen molar-refractivity contribution in [2.45, 2.75) is 40.2 Å². The van der Waals surface area contributed by atoms with Crippen molar-refractivity contribution >= 4 is 23.2 Å². The number of pyridine rings is 1. The molecule has 2 heterocycles. The van der Waals surface area contributed by atoms with Gasteiger partial charge < -0.3 is 15.5 Å². The van der Waals surface area contributed by atoms with Crippen LogP contribution >= 0.6 is 0 Å². The summed E-state index contributed by atoms with van der Waals surface area (Å²) in [5.41, 5.74) is 1.62. The Hall–Kier alpha value is -2.89. The predicted octanol–water partition coefficient (Wildman–Crippen LogP) is 3.60. The van der Waals surface area contributed by atoms with Crippen LogP contribution in [0.5, 0.6) is 0 Å². The minimum absolute atomic E-state index is 0.314. The molecule has 1 aliphatic rings. The van der Waals surface area contributed by atoms with Gasteiger partial charge >= 0.3 is 0 Å². The number of carbonyl (C=O) groups is 2. The highest BCUT2D eigenvalue weighted by molar-refractivity contribution is 6.09. The summed E-state index contributed by atoms with van der Waals surface area (Å²) in [5.74, 6) is 0.145. The molecule has 0 saturated carbocycles. The molecule has 2 N–H and O–H groups in total. The summed E-state index contributed by atoms with van der Waals surface area (Å²) < 4.78 is 0. The fourth-order valence-electron chi connectivity index (χ4n) is 3.32. The Kier molecular flexibility index (Phi) is 6.52. The first-order valence-electron chi connectivity index (χ1n) is 10.2. The molecule has 0 spiro atoms. The molecule has 0 bridgehead atoms. The lowest BCUT2D eigenvalue weighted by Gasteiger charge is -2.32. The van der Waals surface area contributed by atoms with Gasteiger partial charge in [0.05, 0.1) is 0 Å². The van der Waals surface area contributed by atoms with Crippen LogP contribution in [0.25, 0.3) is 0 Å². The second-order valence-electron chi connectivity index (χ2n) is 8.33. The number of nitrogens with one attached hydrogen (secondary N) is 2. The number of carbonyl (C=O) groups excluding carboxylic acids is 2. The van der Waals surface area contributed by atoms with E-state index in [4.69, 9.17) is 0 Å². The molecule has 0 radical (unpaired) electrons. The number of aromatic nitrogens is 1. The summed E-state index contributed by atoms with van der Waals surface area (Å²) in [5, 5.41) is 5.70. The lowest BCUT2D eigenvalue weighted by atomic mass is 9.90. The number of nitrogens with zero attached hydrogens (tertiary/aromatic N) is 2. The van der Waals surface area contributed by atoms with Gasteiger partial charge in [0.2, 0.25) is 11.8 Å². The van der Waals surface area contributed by atoms with E-state index in [0.29, 0.717) is 12.2 Å². The van der Waals surface area contributed by atoms with Crippen LogP contribution in [0.4, 0.5) is 11.4 Å². The maximum atomic E-state index is 12.7. The van der Waals surface area contributed by atoms with Gasteiger partial charge in [-0.05, 0) is 74.6 Å². The first-order chi connectivity index (χ1) is 13.9. The zero-order valence-electron chi connectivity index (χ0n) is 17.4. The van der Waals surface area contributed by atoms with Gasteiger partial charge in [0.25, 0.3) is 0 Å². The van der Waals surface area contributed by atoms with Gasteiger partial charge in [-0.2, -0.15) is 0 Å². The van der Waals surface area contributed by atoms with Crippen molar-refractivity contribution in [1.29, 1.82) is 0 Å². The molecular weight excluding hydrogens is 364 g/mol. The van der Waals surface area contributed by atoms with Crippen LogP contribution in [-0.2, 0) is 16.1 Å². The third kappa shape index (κ3) is 5.34. The average Bonchev–Trinajstić information content (AvgIpc) is 2.74. The van der Waals surface area contributed by atoms with Crippen molar-refractivity contribution in [2.24, 2.45) is 11.3 Å². The molecule has 0 atom stereocenters. The Balaban J connectivity index is 1.55.